The fourth-order valence-electron chi connectivity index (χ4n) is 6.24. The zero-order valence-corrected chi connectivity index (χ0v) is 26.5. The Morgan fingerprint density at radius 1 is 0.511 bits per heavy atom. The van der Waals surface area contributed by atoms with Crippen molar-refractivity contribution in [2.75, 3.05) is 46.2 Å². The first-order chi connectivity index (χ1) is 22.2. The maximum absolute atomic E-state index is 12.1. The van der Waals surface area contributed by atoms with Gasteiger partial charge in [-0.1, -0.05) is 0 Å². The van der Waals surface area contributed by atoms with Crippen LogP contribution in [0.2, 0.25) is 0 Å². The van der Waals surface area contributed by atoms with Crippen molar-refractivity contribution in [1.29, 1.82) is 0 Å². The lowest BCUT2D eigenvalue weighted by Crippen LogP contribution is -2.65. The van der Waals surface area contributed by atoms with Gasteiger partial charge in [0.05, 0.1) is 82.7 Å². The summed E-state index contributed by atoms with van der Waals surface area (Å²) in [6, 6.07) is -3.35. The number of nitrogens with one attached hydrogen (secondary N) is 3. The monoisotopic (exact) mass is 683 g/mol. The van der Waals surface area contributed by atoms with Gasteiger partial charge in [-0.2, -0.15) is 0 Å². The molecule has 3 aliphatic rings. The van der Waals surface area contributed by atoms with Gasteiger partial charge in [-0.05, 0) is 0 Å². The highest BCUT2D eigenvalue weighted by Crippen LogP contribution is 2.30. The Bertz CT molecular complexity index is 1030. The van der Waals surface area contributed by atoms with Crippen LogP contribution in [0.1, 0.15) is 20.8 Å². The number of hydrogen-bond donors (Lipinski definition) is 11. The zero-order chi connectivity index (χ0) is 35.0. The van der Waals surface area contributed by atoms with Gasteiger partial charge in [0.15, 0.2) is 6.29 Å². The van der Waals surface area contributed by atoms with Crippen molar-refractivity contribution < 1.29 is 78.9 Å². The second kappa shape index (κ2) is 18.0. The van der Waals surface area contributed by atoms with Crippen LogP contribution < -0.4 is 16.0 Å². The lowest BCUT2D eigenvalue weighted by molar-refractivity contribution is -0.248. The number of hydrogen-bond acceptors (Lipinski definition) is 16. The van der Waals surface area contributed by atoms with E-state index < -0.39 is 129 Å². The Morgan fingerprint density at radius 3 is 1.34 bits per heavy atom. The molecule has 3 heterocycles. The quantitative estimate of drug-likeness (QED) is 0.0811. The van der Waals surface area contributed by atoms with E-state index in [-0.39, 0.29) is 26.4 Å². The highest BCUT2D eigenvalue weighted by atomic mass is 16.6. The minimum atomic E-state index is -1.58. The van der Waals surface area contributed by atoms with E-state index in [1.54, 1.807) is 0 Å². The van der Waals surface area contributed by atoms with E-state index in [9.17, 15) is 55.2 Å². The fraction of sp³-hybridized carbons (Fsp3) is 0.893. The van der Waals surface area contributed by atoms with Crippen LogP contribution in [0, 0.1) is 11.8 Å². The van der Waals surface area contributed by atoms with Gasteiger partial charge in [-0.15, -0.1) is 0 Å². The number of rotatable bonds is 14. The molecule has 3 fully saturated rings. The van der Waals surface area contributed by atoms with Crippen molar-refractivity contribution in [2.24, 2.45) is 11.8 Å². The molecule has 19 heteroatoms. The molecule has 0 aromatic rings. The molecule has 0 aromatic heterocycles. The van der Waals surface area contributed by atoms with Crippen LogP contribution in [0.15, 0.2) is 0 Å². The van der Waals surface area contributed by atoms with Gasteiger partial charge in [-0.25, -0.2) is 0 Å². The Kier molecular flexibility index (Phi) is 15.1. The van der Waals surface area contributed by atoms with Crippen LogP contribution in [0.5, 0.6) is 0 Å². The molecule has 3 saturated heterocycles. The summed E-state index contributed by atoms with van der Waals surface area (Å²) in [5, 5.41) is 90.0. The van der Waals surface area contributed by atoms with Gasteiger partial charge in [0, 0.05) is 32.6 Å². The van der Waals surface area contributed by atoms with Gasteiger partial charge < -0.3 is 80.5 Å². The third-order valence-corrected chi connectivity index (χ3v) is 8.62. The van der Waals surface area contributed by atoms with Gasteiger partial charge in [0.2, 0.25) is 17.7 Å². The predicted molar refractivity (Wildman–Crippen MR) is 155 cm³/mol. The van der Waals surface area contributed by atoms with E-state index in [4.69, 9.17) is 23.7 Å². The molecule has 0 saturated carbocycles. The summed E-state index contributed by atoms with van der Waals surface area (Å²) in [5.41, 5.74) is 0. The van der Waals surface area contributed by atoms with Crippen LogP contribution in [0.25, 0.3) is 0 Å². The average Bonchev–Trinajstić information content (AvgIpc) is 3.01. The number of amides is 3. The van der Waals surface area contributed by atoms with Gasteiger partial charge in [0.25, 0.3) is 0 Å². The summed E-state index contributed by atoms with van der Waals surface area (Å²) in [7, 11) is 0. The maximum atomic E-state index is 12.1. The van der Waals surface area contributed by atoms with Gasteiger partial charge in [-0.3, -0.25) is 14.4 Å². The Labute approximate surface area is 271 Å². The van der Waals surface area contributed by atoms with Crippen molar-refractivity contribution >= 4 is 17.7 Å². The molecule has 3 aliphatic heterocycles. The van der Waals surface area contributed by atoms with E-state index in [0.29, 0.717) is 0 Å². The molecule has 47 heavy (non-hydrogen) atoms. The Morgan fingerprint density at radius 2 is 0.894 bits per heavy atom. The topological polar surface area (TPSA) is 295 Å². The third-order valence-electron chi connectivity index (χ3n) is 8.62. The zero-order valence-electron chi connectivity index (χ0n) is 26.5. The first-order valence-corrected chi connectivity index (χ1v) is 15.4. The van der Waals surface area contributed by atoms with Crippen LogP contribution in [-0.4, -0.2) is 184 Å². The van der Waals surface area contributed by atoms with Crippen LogP contribution >= 0.6 is 0 Å². The summed E-state index contributed by atoms with van der Waals surface area (Å²) in [5.74, 6) is -3.37. The number of aliphatic hydroxyl groups excluding tert-OH is 8. The molecule has 0 aromatic carbocycles. The number of carbonyl (C=O) groups is 3. The molecule has 0 radical (unpaired) electrons. The molecule has 0 spiro atoms. The van der Waals surface area contributed by atoms with Crippen molar-refractivity contribution in [2.45, 2.75) is 100 Å². The van der Waals surface area contributed by atoms with Crippen molar-refractivity contribution in [3.05, 3.63) is 0 Å². The summed E-state index contributed by atoms with van der Waals surface area (Å²) < 4.78 is 28.6. The molecular formula is C28H49N3O16. The summed E-state index contributed by atoms with van der Waals surface area (Å²) in [4.78, 5) is 35.3. The van der Waals surface area contributed by atoms with Crippen LogP contribution in [-0.2, 0) is 38.1 Å². The minimum Gasteiger partial charge on any atom is -0.394 e. The number of carbonyl (C=O) groups excluding carboxylic acids is 3. The van der Waals surface area contributed by atoms with Crippen LogP contribution in [0.3, 0.4) is 0 Å². The average molecular weight is 684 g/mol. The fourth-order valence-corrected chi connectivity index (χ4v) is 6.24. The molecule has 3 rings (SSSR count). The first-order valence-electron chi connectivity index (χ1n) is 15.4. The molecule has 3 amide bonds. The van der Waals surface area contributed by atoms with Crippen molar-refractivity contribution in [1.82, 2.24) is 16.0 Å². The smallest absolute Gasteiger partial charge is 0.217 e. The number of aliphatic hydroxyl groups is 8. The van der Waals surface area contributed by atoms with E-state index in [1.807, 2.05) is 0 Å². The van der Waals surface area contributed by atoms with Gasteiger partial charge >= 0.3 is 0 Å². The largest absolute Gasteiger partial charge is 0.394 e. The molecule has 0 bridgehead atoms. The van der Waals surface area contributed by atoms with Crippen molar-refractivity contribution in [3.8, 4) is 0 Å². The van der Waals surface area contributed by atoms with E-state index >= 15 is 0 Å². The van der Waals surface area contributed by atoms with E-state index in [1.165, 1.54) is 20.8 Å². The maximum Gasteiger partial charge on any atom is 0.217 e. The molecule has 19 nitrogen and oxygen atoms in total. The molecule has 272 valence electrons. The molecule has 11 N–H and O–H groups in total. The highest BCUT2D eigenvalue weighted by molar-refractivity contribution is 5.74. The molecule has 6 unspecified atom stereocenters. The summed E-state index contributed by atoms with van der Waals surface area (Å²) >= 11 is 0. The lowest BCUT2D eigenvalue weighted by atomic mass is 9.85. The first kappa shape index (κ1) is 39.3. The molecule has 0 aliphatic carbocycles. The third kappa shape index (κ3) is 9.97. The second-order valence-electron chi connectivity index (χ2n) is 12.1. The molecular weight excluding hydrogens is 634 g/mol. The highest BCUT2D eigenvalue weighted by Gasteiger charge is 2.48. The summed E-state index contributed by atoms with van der Waals surface area (Å²) in [6.45, 7) is 0.839. The second-order valence-corrected chi connectivity index (χ2v) is 12.1. The standard InChI is InChI=1S/C28H49N3O16/c1-11(35)29-21-19(9-44-8-15-17(5-33)47-28(42)23(25(15)39)31-13(3)37)45-16(4-32)14(24(21)38)7-43-10-20-22(30-12(2)36)27(41)26(40)18(6-34)46-20/h14-28,32-34,38-42H,4-10H2,1-3H3,(H,29,35)(H,30,36)(H,31,37)/t14-,15-,16?,17?,18?,19-,20-,21?,22?,23?,24-,25-,26-,27+,28+/m0/s1. The molecule has 15 atom stereocenters. The minimum absolute atomic E-state index is 0.248. The van der Waals surface area contributed by atoms with E-state index in [2.05, 4.69) is 16.0 Å². The van der Waals surface area contributed by atoms with Crippen molar-refractivity contribution in [3.63, 3.8) is 0 Å². The lowest BCUT2D eigenvalue weighted by Gasteiger charge is -2.46. The Hall–Kier alpha value is -2.11. The van der Waals surface area contributed by atoms with Crippen LogP contribution in [0.4, 0.5) is 0 Å². The predicted octanol–water partition coefficient (Wildman–Crippen LogP) is -6.56. The SMILES string of the molecule is CC(=O)NC1[C@H](COC[C@H]2C(CO)O[C@@H](COC[C@H]3C(CO)O[C@@H](O)C(NC(C)=O)[C@H]3O)C(NC(C)=O)[C@H]2O)OC(CO)[C@H](O)[C@@H]1O. The normalized spacial score (nSPS) is 40.8. The van der Waals surface area contributed by atoms with Gasteiger partial charge in [0.1, 0.15) is 36.6 Å². The number of ether oxygens (including phenoxy) is 5. The Balaban J connectivity index is 1.66. The van der Waals surface area contributed by atoms with E-state index in [0.717, 1.165) is 0 Å². The summed E-state index contributed by atoms with van der Waals surface area (Å²) in [6.07, 6.45) is -12.5.